The number of oxime groups is 1. The van der Waals surface area contributed by atoms with Gasteiger partial charge in [-0.2, -0.15) is 0 Å². The topological polar surface area (TPSA) is 51.0 Å². The second kappa shape index (κ2) is 5.98. The number of ether oxygens (including phenoxy) is 2. The van der Waals surface area contributed by atoms with Gasteiger partial charge < -0.3 is 14.7 Å². The fourth-order valence-electron chi connectivity index (χ4n) is 3.97. The van der Waals surface area contributed by atoms with Crippen molar-refractivity contribution >= 4 is 5.71 Å². The molecule has 3 fully saturated rings. The molecule has 1 heterocycles. The van der Waals surface area contributed by atoms with Crippen LogP contribution in [0.2, 0.25) is 0 Å². The number of hydrogen-bond donors (Lipinski definition) is 1. The van der Waals surface area contributed by atoms with Crippen molar-refractivity contribution in [1.29, 1.82) is 0 Å². The van der Waals surface area contributed by atoms with Gasteiger partial charge in [-0.25, -0.2) is 0 Å². The van der Waals surface area contributed by atoms with E-state index in [-0.39, 0.29) is 5.79 Å². The molecule has 0 unspecified atom stereocenters. The van der Waals surface area contributed by atoms with Crippen LogP contribution in [-0.4, -0.2) is 29.9 Å². The summed E-state index contributed by atoms with van der Waals surface area (Å²) in [7, 11) is 0. The summed E-state index contributed by atoms with van der Waals surface area (Å²) in [6.07, 6.45) is 15.4. The predicted octanol–water partition coefficient (Wildman–Crippen LogP) is 3.33. The third-order valence-corrected chi connectivity index (χ3v) is 5.48. The Kier molecular flexibility index (Phi) is 4.24. The van der Waals surface area contributed by atoms with Crippen LogP contribution in [0.3, 0.4) is 0 Å². The van der Waals surface area contributed by atoms with E-state index in [0.29, 0.717) is 17.5 Å². The maximum absolute atomic E-state index is 8.91. The zero-order valence-corrected chi connectivity index (χ0v) is 12.6. The average Bonchev–Trinajstić information content (AvgIpc) is 3.20. The lowest BCUT2D eigenvalue weighted by molar-refractivity contribution is -0.193. The van der Waals surface area contributed by atoms with E-state index in [9.17, 15) is 0 Å². The van der Waals surface area contributed by atoms with Crippen LogP contribution in [-0.2, 0) is 9.47 Å². The minimum atomic E-state index is -0.299. The van der Waals surface area contributed by atoms with Gasteiger partial charge in [0.25, 0.3) is 0 Å². The number of rotatable bonds is 5. The molecule has 1 N–H and O–H groups in total. The molecule has 1 spiro atoms. The number of nitrogens with zero attached hydrogens (tertiary/aromatic N) is 1. The second-order valence-corrected chi connectivity index (χ2v) is 6.95. The molecule has 0 aromatic rings. The third kappa shape index (κ3) is 3.41. The zero-order chi connectivity index (χ0) is 14.8. The zero-order valence-electron chi connectivity index (χ0n) is 12.6. The molecule has 1 saturated heterocycles. The quantitative estimate of drug-likeness (QED) is 0.366. The van der Waals surface area contributed by atoms with E-state index in [1.165, 1.54) is 19.3 Å². The van der Waals surface area contributed by atoms with Crippen molar-refractivity contribution in [2.75, 3.05) is 13.2 Å². The van der Waals surface area contributed by atoms with Crippen LogP contribution in [0, 0.1) is 23.7 Å². The maximum Gasteiger partial charge on any atom is 0.168 e. The molecule has 1 aliphatic heterocycles. The molecule has 3 rings (SSSR count). The summed E-state index contributed by atoms with van der Waals surface area (Å²) in [6.45, 7) is 1.46. The SMILES string of the molecule is C#C/C(CCC1(CC2CC2)CCC2(CC1)OCCO2)=N\O. The Labute approximate surface area is 126 Å². The summed E-state index contributed by atoms with van der Waals surface area (Å²) < 4.78 is 11.7. The molecule has 4 heteroatoms. The van der Waals surface area contributed by atoms with E-state index in [2.05, 4.69) is 11.1 Å². The van der Waals surface area contributed by atoms with Gasteiger partial charge in [0.2, 0.25) is 0 Å². The molecule has 21 heavy (non-hydrogen) atoms. The van der Waals surface area contributed by atoms with Gasteiger partial charge in [-0.1, -0.05) is 23.9 Å². The van der Waals surface area contributed by atoms with Gasteiger partial charge in [-0.3, -0.25) is 0 Å². The lowest BCUT2D eigenvalue weighted by Crippen LogP contribution is -2.40. The number of terminal acetylenes is 1. The van der Waals surface area contributed by atoms with Crippen LogP contribution in [0.1, 0.15) is 57.8 Å². The molecular formula is C17H25NO3. The van der Waals surface area contributed by atoms with Gasteiger partial charge in [0.05, 0.1) is 13.2 Å². The Bertz CT molecular complexity index is 431. The first kappa shape index (κ1) is 14.9. The fourth-order valence-corrected chi connectivity index (χ4v) is 3.97. The van der Waals surface area contributed by atoms with E-state index in [4.69, 9.17) is 21.1 Å². The highest BCUT2D eigenvalue weighted by atomic mass is 16.7. The molecule has 0 aromatic heterocycles. The van der Waals surface area contributed by atoms with Crippen LogP contribution in [0.5, 0.6) is 0 Å². The van der Waals surface area contributed by atoms with Crippen molar-refractivity contribution in [1.82, 2.24) is 0 Å². The lowest BCUT2D eigenvalue weighted by atomic mass is 9.66. The van der Waals surface area contributed by atoms with E-state index in [0.717, 1.165) is 51.2 Å². The van der Waals surface area contributed by atoms with E-state index in [1.807, 2.05) is 0 Å². The van der Waals surface area contributed by atoms with Crippen molar-refractivity contribution in [3.63, 3.8) is 0 Å². The van der Waals surface area contributed by atoms with Gasteiger partial charge in [-0.05, 0) is 37.0 Å². The molecule has 116 valence electrons. The standard InChI is InChI=1S/C17H25NO3/c1-2-15(18-19)5-6-16(13-14-3-4-14)7-9-17(10-8-16)20-11-12-21-17/h1,14,19H,3-13H2/b18-15+. The molecule has 2 aliphatic carbocycles. The van der Waals surface area contributed by atoms with Gasteiger partial charge in [0.15, 0.2) is 5.79 Å². The van der Waals surface area contributed by atoms with Crippen LogP contribution in [0.25, 0.3) is 0 Å². The molecule has 0 radical (unpaired) electrons. The minimum absolute atomic E-state index is 0.299. The van der Waals surface area contributed by atoms with Gasteiger partial charge in [0.1, 0.15) is 5.71 Å². The average molecular weight is 291 g/mol. The van der Waals surface area contributed by atoms with Crippen LogP contribution < -0.4 is 0 Å². The number of hydrogen-bond acceptors (Lipinski definition) is 4. The normalized spacial score (nSPS) is 27.7. The highest BCUT2D eigenvalue weighted by molar-refractivity contribution is 5.99. The highest BCUT2D eigenvalue weighted by Crippen LogP contribution is 2.53. The lowest BCUT2D eigenvalue weighted by Gasteiger charge is -2.44. The van der Waals surface area contributed by atoms with E-state index in [1.54, 1.807) is 0 Å². The summed E-state index contributed by atoms with van der Waals surface area (Å²) in [5, 5.41) is 12.1. The van der Waals surface area contributed by atoms with Crippen LogP contribution >= 0.6 is 0 Å². The fraction of sp³-hybridized carbons (Fsp3) is 0.824. The summed E-state index contributed by atoms with van der Waals surface area (Å²) in [5.41, 5.74) is 0.799. The van der Waals surface area contributed by atoms with Crippen molar-refractivity contribution in [3.8, 4) is 12.3 Å². The highest BCUT2D eigenvalue weighted by Gasteiger charge is 2.47. The van der Waals surface area contributed by atoms with Crippen LogP contribution in [0.4, 0.5) is 0 Å². The summed E-state index contributed by atoms with van der Waals surface area (Å²) in [5.74, 6) is 3.07. The monoisotopic (exact) mass is 291 g/mol. The van der Waals surface area contributed by atoms with Gasteiger partial charge >= 0.3 is 0 Å². The molecule has 0 amide bonds. The summed E-state index contributed by atoms with van der Waals surface area (Å²) in [6, 6.07) is 0. The van der Waals surface area contributed by atoms with E-state index < -0.39 is 0 Å². The molecule has 0 aromatic carbocycles. The van der Waals surface area contributed by atoms with Crippen molar-refractivity contribution in [2.45, 2.75) is 63.6 Å². The van der Waals surface area contributed by atoms with Crippen molar-refractivity contribution < 1.29 is 14.7 Å². The Morgan fingerprint density at radius 3 is 2.38 bits per heavy atom. The summed E-state index contributed by atoms with van der Waals surface area (Å²) >= 11 is 0. The first-order chi connectivity index (χ1) is 10.2. The molecule has 0 atom stereocenters. The van der Waals surface area contributed by atoms with Gasteiger partial charge in [-0.15, -0.1) is 6.42 Å². The Balaban J connectivity index is 1.62. The largest absolute Gasteiger partial charge is 0.410 e. The molecule has 3 aliphatic rings. The van der Waals surface area contributed by atoms with Crippen molar-refractivity contribution in [2.24, 2.45) is 16.5 Å². The first-order valence-electron chi connectivity index (χ1n) is 8.15. The Morgan fingerprint density at radius 2 is 1.86 bits per heavy atom. The Hall–Kier alpha value is -1.05. The van der Waals surface area contributed by atoms with Crippen LogP contribution in [0.15, 0.2) is 5.16 Å². The molecule has 4 nitrogen and oxygen atoms in total. The predicted molar refractivity (Wildman–Crippen MR) is 80.2 cm³/mol. The van der Waals surface area contributed by atoms with Crippen molar-refractivity contribution in [3.05, 3.63) is 0 Å². The smallest absolute Gasteiger partial charge is 0.168 e. The maximum atomic E-state index is 8.91. The van der Waals surface area contributed by atoms with E-state index >= 15 is 0 Å². The third-order valence-electron chi connectivity index (χ3n) is 5.48. The first-order valence-corrected chi connectivity index (χ1v) is 8.15. The molecule has 2 saturated carbocycles. The molecule has 0 bridgehead atoms. The Morgan fingerprint density at radius 1 is 1.19 bits per heavy atom. The molecular weight excluding hydrogens is 266 g/mol. The van der Waals surface area contributed by atoms with Gasteiger partial charge in [0, 0.05) is 19.3 Å². The summed E-state index contributed by atoms with van der Waals surface area (Å²) in [4.78, 5) is 0. The second-order valence-electron chi connectivity index (χ2n) is 6.95. The minimum Gasteiger partial charge on any atom is -0.410 e.